The van der Waals surface area contributed by atoms with E-state index in [-0.39, 0.29) is 12.4 Å². The first kappa shape index (κ1) is 17.3. The highest BCUT2D eigenvalue weighted by atomic mass is 35.5. The number of halogens is 1. The van der Waals surface area contributed by atoms with Crippen LogP contribution in [0.2, 0.25) is 0 Å². The molecule has 2 atom stereocenters. The predicted molar refractivity (Wildman–Crippen MR) is 98.6 cm³/mol. The highest BCUT2D eigenvalue weighted by molar-refractivity contribution is 5.85. The normalized spacial score (nSPS) is 35.9. The lowest BCUT2D eigenvalue weighted by molar-refractivity contribution is -0.146. The molecule has 4 bridgehead atoms. The second-order valence-electron chi connectivity index (χ2n) is 8.62. The Labute approximate surface area is 155 Å². The first-order valence-electron chi connectivity index (χ1n) is 9.76. The molecule has 1 aromatic heterocycles. The van der Waals surface area contributed by atoms with E-state index in [1.807, 2.05) is 23.1 Å². The Kier molecular flexibility index (Phi) is 4.57. The molecule has 6 rings (SSSR count). The Hall–Kier alpha value is -1.07. The third-order valence-electron chi connectivity index (χ3n) is 7.14. The molecule has 5 fully saturated rings. The van der Waals surface area contributed by atoms with Crippen LogP contribution in [0.25, 0.3) is 0 Å². The Bertz CT molecular complexity index is 599. The molecule has 2 unspecified atom stereocenters. The van der Waals surface area contributed by atoms with Crippen molar-refractivity contribution < 1.29 is 4.79 Å². The highest BCUT2D eigenvalue weighted by Gasteiger charge is 2.50. The van der Waals surface area contributed by atoms with Crippen molar-refractivity contribution in [3.8, 4) is 0 Å². The van der Waals surface area contributed by atoms with E-state index in [1.54, 1.807) is 0 Å². The molecule has 3 saturated heterocycles. The zero-order valence-electron chi connectivity index (χ0n) is 14.8. The lowest BCUT2D eigenvalue weighted by Gasteiger charge is -2.43. The van der Waals surface area contributed by atoms with Gasteiger partial charge in [-0.15, -0.1) is 12.4 Å². The van der Waals surface area contributed by atoms with Gasteiger partial charge in [0.2, 0.25) is 0 Å². The molecule has 0 radical (unpaired) electrons. The molecule has 6 heteroatoms. The fourth-order valence-corrected chi connectivity index (χ4v) is 6.20. The number of carbonyl (C=O) groups excluding carboxylic acids is 1. The molecule has 0 aromatic carbocycles. The molecule has 138 valence electrons. The van der Waals surface area contributed by atoms with Crippen molar-refractivity contribution in [2.24, 2.45) is 17.8 Å². The fraction of sp³-hybridized carbons (Fsp3) is 0.789. The molecule has 1 N–H and O–H groups in total. The average Bonchev–Trinajstić information content (AvgIpc) is 3.07. The van der Waals surface area contributed by atoms with Gasteiger partial charge in [-0.25, -0.2) is 0 Å². The van der Waals surface area contributed by atoms with Crippen LogP contribution < -0.4 is 5.32 Å². The first-order chi connectivity index (χ1) is 11.7. The van der Waals surface area contributed by atoms with Crippen molar-refractivity contribution in [3.05, 3.63) is 18.5 Å². The Morgan fingerprint density at radius 1 is 1.04 bits per heavy atom. The van der Waals surface area contributed by atoms with Gasteiger partial charge in [-0.2, -0.15) is 5.10 Å². The second kappa shape index (κ2) is 6.58. The van der Waals surface area contributed by atoms with Gasteiger partial charge >= 0.3 is 0 Å². The molecule has 1 aromatic rings. The molecule has 4 heterocycles. The smallest absolute Gasteiger partial charge is 0.250 e. The van der Waals surface area contributed by atoms with Gasteiger partial charge in [0.1, 0.15) is 5.54 Å². The Balaban J connectivity index is 0.00000157. The van der Waals surface area contributed by atoms with Crippen LogP contribution in [0, 0.1) is 17.8 Å². The van der Waals surface area contributed by atoms with E-state index >= 15 is 0 Å². The Morgan fingerprint density at radius 2 is 1.72 bits per heavy atom. The maximum atomic E-state index is 13.8. The molecular formula is C19H29ClN4O. The van der Waals surface area contributed by atoms with Crippen molar-refractivity contribution in [2.45, 2.75) is 56.5 Å². The van der Waals surface area contributed by atoms with Crippen LogP contribution in [0.5, 0.6) is 0 Å². The summed E-state index contributed by atoms with van der Waals surface area (Å²) in [4.78, 5) is 16.1. The molecule has 0 spiro atoms. The van der Waals surface area contributed by atoms with E-state index in [1.165, 1.54) is 32.1 Å². The summed E-state index contributed by atoms with van der Waals surface area (Å²) in [5, 5.41) is 7.92. The van der Waals surface area contributed by atoms with E-state index < -0.39 is 5.54 Å². The minimum atomic E-state index is -0.462. The number of nitrogens with zero attached hydrogens (tertiary/aromatic N) is 3. The average molecular weight is 365 g/mol. The van der Waals surface area contributed by atoms with Crippen LogP contribution in [-0.2, 0) is 10.3 Å². The summed E-state index contributed by atoms with van der Waals surface area (Å²) in [7, 11) is 0. The standard InChI is InChI=1S/C19H28N4O.ClH/c24-18(19(2-5-20-6-3-19)23-7-1-4-21-23)22-13-16-9-14-8-15(10-16)12-17(22)11-14;/h1,4,7,14-17,20H,2-3,5-6,8-13H2;1H. The lowest BCUT2D eigenvalue weighted by atomic mass is 9.68. The number of fused-ring (bicyclic) bond motifs is 1. The van der Waals surface area contributed by atoms with Gasteiger partial charge in [0.05, 0.1) is 0 Å². The number of aromatic nitrogens is 2. The number of hydrogen-bond donors (Lipinski definition) is 1. The molecule has 1 amide bonds. The van der Waals surface area contributed by atoms with Gasteiger partial charge in [0.25, 0.3) is 5.91 Å². The van der Waals surface area contributed by atoms with Gasteiger partial charge in [-0.3, -0.25) is 9.48 Å². The zero-order chi connectivity index (χ0) is 16.1. The predicted octanol–water partition coefficient (Wildman–Crippen LogP) is 2.42. The van der Waals surface area contributed by atoms with E-state index in [2.05, 4.69) is 15.3 Å². The van der Waals surface area contributed by atoms with Crippen molar-refractivity contribution in [1.29, 1.82) is 0 Å². The van der Waals surface area contributed by atoms with Crippen molar-refractivity contribution in [1.82, 2.24) is 20.0 Å². The minimum absolute atomic E-state index is 0. The fourth-order valence-electron chi connectivity index (χ4n) is 6.20. The SMILES string of the molecule is Cl.O=C(N1CC2CC3CC(C2)CC1C3)C1(n2cccn2)CCNCC1. The largest absolute Gasteiger partial charge is 0.337 e. The van der Waals surface area contributed by atoms with Gasteiger partial charge in [0, 0.05) is 25.0 Å². The first-order valence-corrected chi connectivity index (χ1v) is 9.76. The third-order valence-corrected chi connectivity index (χ3v) is 7.14. The number of hydrogen-bond acceptors (Lipinski definition) is 3. The van der Waals surface area contributed by atoms with Crippen LogP contribution in [0.4, 0.5) is 0 Å². The summed E-state index contributed by atoms with van der Waals surface area (Å²) >= 11 is 0. The highest BCUT2D eigenvalue weighted by Crippen LogP contribution is 2.48. The zero-order valence-corrected chi connectivity index (χ0v) is 15.6. The number of piperidine rings is 1. The summed E-state index contributed by atoms with van der Waals surface area (Å²) in [6, 6.07) is 2.43. The monoisotopic (exact) mass is 364 g/mol. The molecule has 2 saturated carbocycles. The van der Waals surface area contributed by atoms with Crippen LogP contribution in [0.1, 0.15) is 44.9 Å². The number of nitrogens with one attached hydrogen (secondary N) is 1. The number of amides is 1. The molecule has 2 aliphatic carbocycles. The van der Waals surface area contributed by atoms with Crippen LogP contribution >= 0.6 is 12.4 Å². The molecule has 5 nitrogen and oxygen atoms in total. The van der Waals surface area contributed by atoms with Crippen molar-refractivity contribution in [3.63, 3.8) is 0 Å². The molecule has 25 heavy (non-hydrogen) atoms. The quantitative estimate of drug-likeness (QED) is 0.876. The van der Waals surface area contributed by atoms with E-state index in [0.29, 0.717) is 11.9 Å². The van der Waals surface area contributed by atoms with Crippen molar-refractivity contribution in [2.75, 3.05) is 19.6 Å². The summed E-state index contributed by atoms with van der Waals surface area (Å²) in [5.41, 5.74) is -0.462. The minimum Gasteiger partial charge on any atom is -0.337 e. The maximum absolute atomic E-state index is 13.8. The van der Waals surface area contributed by atoms with Crippen LogP contribution in [0.15, 0.2) is 18.5 Å². The second-order valence-corrected chi connectivity index (χ2v) is 8.62. The van der Waals surface area contributed by atoms with E-state index in [0.717, 1.165) is 50.2 Å². The van der Waals surface area contributed by atoms with Crippen LogP contribution in [-0.4, -0.2) is 46.3 Å². The Morgan fingerprint density at radius 3 is 2.36 bits per heavy atom. The van der Waals surface area contributed by atoms with Crippen LogP contribution in [0.3, 0.4) is 0 Å². The summed E-state index contributed by atoms with van der Waals surface area (Å²) in [6.07, 6.45) is 12.1. The molecular weight excluding hydrogens is 336 g/mol. The van der Waals surface area contributed by atoms with Gasteiger partial charge < -0.3 is 10.2 Å². The number of rotatable bonds is 2. The van der Waals surface area contributed by atoms with Crippen molar-refractivity contribution >= 4 is 18.3 Å². The topological polar surface area (TPSA) is 50.2 Å². The van der Waals surface area contributed by atoms with E-state index in [4.69, 9.17) is 0 Å². The summed E-state index contributed by atoms with van der Waals surface area (Å²) in [6.45, 7) is 2.80. The molecule has 3 aliphatic heterocycles. The summed E-state index contributed by atoms with van der Waals surface area (Å²) < 4.78 is 1.96. The van der Waals surface area contributed by atoms with E-state index in [9.17, 15) is 4.79 Å². The third kappa shape index (κ3) is 2.80. The molecule has 5 aliphatic rings. The van der Waals surface area contributed by atoms with Gasteiger partial charge in [-0.1, -0.05) is 0 Å². The maximum Gasteiger partial charge on any atom is 0.250 e. The number of carbonyl (C=O) groups is 1. The summed E-state index contributed by atoms with van der Waals surface area (Å²) in [5.74, 6) is 2.84. The lowest BCUT2D eigenvalue weighted by Crippen LogP contribution is -2.58. The van der Waals surface area contributed by atoms with Gasteiger partial charge in [0.15, 0.2) is 0 Å². The van der Waals surface area contributed by atoms with Gasteiger partial charge in [-0.05, 0) is 81.9 Å².